The molecule has 0 spiro atoms. The van der Waals surface area contributed by atoms with Crippen molar-refractivity contribution in [3.8, 4) is 11.8 Å². The second-order valence-corrected chi connectivity index (χ2v) is 5.02. The van der Waals surface area contributed by atoms with Crippen LogP contribution in [0.1, 0.15) is 16.8 Å². The molecule has 1 rings (SSSR count). The lowest BCUT2D eigenvalue weighted by atomic mass is 10.2. The first kappa shape index (κ1) is 15.7. The molecule has 0 fully saturated rings. The van der Waals surface area contributed by atoms with Crippen molar-refractivity contribution in [3.05, 3.63) is 27.3 Å². The van der Waals surface area contributed by atoms with Crippen molar-refractivity contribution in [3.63, 3.8) is 0 Å². The maximum Gasteiger partial charge on any atom is 0.254 e. The van der Waals surface area contributed by atoms with Crippen LogP contribution >= 0.6 is 22.6 Å². The smallest absolute Gasteiger partial charge is 0.254 e. The number of nitrogens with zero attached hydrogens (tertiary/aromatic N) is 2. The summed E-state index contributed by atoms with van der Waals surface area (Å²) in [6.45, 7) is 1.18. The van der Waals surface area contributed by atoms with Crippen LogP contribution in [-0.2, 0) is 4.74 Å². The Morgan fingerprint density at radius 3 is 2.84 bits per heavy atom. The lowest BCUT2D eigenvalue weighted by Gasteiger charge is -2.21. The molecule has 6 heteroatoms. The third-order valence-electron chi connectivity index (χ3n) is 2.54. The van der Waals surface area contributed by atoms with Crippen LogP contribution in [0.5, 0.6) is 5.75 Å². The number of rotatable bonds is 6. The van der Waals surface area contributed by atoms with Gasteiger partial charge in [-0.15, -0.1) is 0 Å². The number of benzene rings is 1. The zero-order valence-corrected chi connectivity index (χ0v) is 12.8. The molecular weight excluding hydrogens is 359 g/mol. The summed E-state index contributed by atoms with van der Waals surface area (Å²) in [5, 5.41) is 18.2. The molecule has 0 bridgehead atoms. The maximum atomic E-state index is 12.3. The van der Waals surface area contributed by atoms with Gasteiger partial charge in [-0.3, -0.25) is 4.79 Å². The lowest BCUT2D eigenvalue weighted by molar-refractivity contribution is 0.0699. The number of methoxy groups -OCH3 is 1. The number of halogens is 1. The molecule has 0 aliphatic rings. The number of ether oxygens (including phenoxy) is 1. The molecule has 0 heterocycles. The normalized spacial score (nSPS) is 9.95. The number of aromatic hydroxyl groups is 1. The Morgan fingerprint density at radius 2 is 2.26 bits per heavy atom. The van der Waals surface area contributed by atoms with E-state index in [-0.39, 0.29) is 18.1 Å². The fraction of sp³-hybridized carbons (Fsp3) is 0.385. The summed E-state index contributed by atoms with van der Waals surface area (Å²) in [5.41, 5.74) is 0.409. The third-order valence-corrected chi connectivity index (χ3v) is 3.45. The predicted molar refractivity (Wildman–Crippen MR) is 78.8 cm³/mol. The molecule has 5 nitrogen and oxygen atoms in total. The van der Waals surface area contributed by atoms with Gasteiger partial charge in [-0.05, 0) is 40.8 Å². The zero-order chi connectivity index (χ0) is 14.3. The van der Waals surface area contributed by atoms with Gasteiger partial charge in [-0.25, -0.2) is 0 Å². The largest absolute Gasteiger partial charge is 0.507 e. The number of hydrogen-bond donors (Lipinski definition) is 1. The number of carbonyl (C=O) groups is 1. The molecular formula is C13H15IN2O3. The van der Waals surface area contributed by atoms with Crippen LogP contribution in [0.15, 0.2) is 18.2 Å². The van der Waals surface area contributed by atoms with E-state index in [4.69, 9.17) is 10.00 Å². The van der Waals surface area contributed by atoms with E-state index in [9.17, 15) is 9.90 Å². The molecule has 0 aliphatic carbocycles. The summed E-state index contributed by atoms with van der Waals surface area (Å²) < 4.78 is 5.64. The van der Waals surface area contributed by atoms with Crippen molar-refractivity contribution in [1.82, 2.24) is 4.90 Å². The molecule has 19 heavy (non-hydrogen) atoms. The molecule has 0 radical (unpaired) electrons. The van der Waals surface area contributed by atoms with Gasteiger partial charge in [0.1, 0.15) is 5.75 Å². The van der Waals surface area contributed by atoms with Crippen LogP contribution in [0.25, 0.3) is 0 Å². The van der Waals surface area contributed by atoms with E-state index in [1.807, 2.05) is 28.7 Å². The first-order chi connectivity index (χ1) is 9.10. The van der Waals surface area contributed by atoms with Gasteiger partial charge in [0.15, 0.2) is 0 Å². The van der Waals surface area contributed by atoms with Crippen molar-refractivity contribution in [2.24, 2.45) is 0 Å². The van der Waals surface area contributed by atoms with Crippen LogP contribution in [0.2, 0.25) is 0 Å². The Morgan fingerprint density at radius 1 is 1.53 bits per heavy atom. The van der Waals surface area contributed by atoms with E-state index >= 15 is 0 Å². The third kappa shape index (κ3) is 4.69. The second kappa shape index (κ2) is 7.96. The molecule has 0 unspecified atom stereocenters. The Balaban J connectivity index is 2.84. The van der Waals surface area contributed by atoms with Gasteiger partial charge in [-0.1, -0.05) is 0 Å². The highest BCUT2D eigenvalue weighted by molar-refractivity contribution is 14.1. The Kier molecular flexibility index (Phi) is 6.59. The quantitative estimate of drug-likeness (QED) is 0.774. The fourth-order valence-corrected chi connectivity index (χ4v) is 1.87. The van der Waals surface area contributed by atoms with Gasteiger partial charge in [0.25, 0.3) is 5.91 Å². The molecule has 1 amide bonds. The van der Waals surface area contributed by atoms with E-state index in [0.29, 0.717) is 28.8 Å². The molecule has 0 aliphatic heterocycles. The summed E-state index contributed by atoms with van der Waals surface area (Å²) in [6, 6.07) is 6.80. The average Bonchev–Trinajstić information content (AvgIpc) is 2.41. The maximum absolute atomic E-state index is 12.3. The van der Waals surface area contributed by atoms with E-state index in [2.05, 4.69) is 0 Å². The number of nitriles is 1. The van der Waals surface area contributed by atoms with E-state index in [1.165, 1.54) is 6.07 Å². The Labute approximate surface area is 125 Å². The van der Waals surface area contributed by atoms with Crippen LogP contribution in [-0.4, -0.2) is 42.7 Å². The number of phenolic OH excluding ortho intramolecular Hbond substituents is 1. The van der Waals surface area contributed by atoms with Gasteiger partial charge in [0, 0.05) is 25.8 Å². The lowest BCUT2D eigenvalue weighted by Crippen LogP contribution is -2.34. The van der Waals surface area contributed by atoms with E-state index < -0.39 is 0 Å². The number of hydrogen-bond acceptors (Lipinski definition) is 4. The van der Waals surface area contributed by atoms with Gasteiger partial charge in [0.05, 0.1) is 22.7 Å². The van der Waals surface area contributed by atoms with Crippen molar-refractivity contribution in [2.45, 2.75) is 6.42 Å². The first-order valence-electron chi connectivity index (χ1n) is 5.73. The zero-order valence-electron chi connectivity index (χ0n) is 10.6. The summed E-state index contributed by atoms with van der Waals surface area (Å²) in [5.74, 6) is -0.127. The molecule has 1 aromatic carbocycles. The van der Waals surface area contributed by atoms with Gasteiger partial charge >= 0.3 is 0 Å². The topological polar surface area (TPSA) is 73.6 Å². The molecule has 0 saturated heterocycles. The summed E-state index contributed by atoms with van der Waals surface area (Å²) >= 11 is 1.99. The minimum absolute atomic E-state index is 0.0819. The minimum atomic E-state index is -0.209. The minimum Gasteiger partial charge on any atom is -0.507 e. The molecule has 0 saturated carbocycles. The number of carbonyl (C=O) groups excluding carboxylic acids is 1. The van der Waals surface area contributed by atoms with Crippen LogP contribution < -0.4 is 0 Å². The van der Waals surface area contributed by atoms with Crippen molar-refractivity contribution in [1.29, 1.82) is 5.26 Å². The fourth-order valence-electron chi connectivity index (χ4n) is 1.53. The first-order valence-corrected chi connectivity index (χ1v) is 6.81. The molecule has 102 valence electrons. The monoisotopic (exact) mass is 374 g/mol. The van der Waals surface area contributed by atoms with Crippen molar-refractivity contribution in [2.75, 3.05) is 26.8 Å². The average molecular weight is 374 g/mol. The number of phenols is 1. The van der Waals surface area contributed by atoms with Crippen LogP contribution in [0.4, 0.5) is 0 Å². The highest BCUT2D eigenvalue weighted by Gasteiger charge is 2.16. The van der Waals surface area contributed by atoms with Gasteiger partial charge in [-0.2, -0.15) is 5.26 Å². The molecule has 1 aromatic rings. The van der Waals surface area contributed by atoms with Crippen LogP contribution in [0, 0.1) is 14.9 Å². The molecule has 1 N–H and O–H groups in total. The van der Waals surface area contributed by atoms with Gasteiger partial charge in [0.2, 0.25) is 0 Å². The van der Waals surface area contributed by atoms with Crippen molar-refractivity contribution < 1.29 is 14.6 Å². The summed E-state index contributed by atoms with van der Waals surface area (Å²) in [7, 11) is 1.56. The van der Waals surface area contributed by atoms with Crippen LogP contribution in [0.3, 0.4) is 0 Å². The molecule has 0 atom stereocenters. The predicted octanol–water partition coefficient (Wildman–Crippen LogP) is 2.00. The second-order valence-electron chi connectivity index (χ2n) is 3.86. The number of amides is 1. The standard InChI is InChI=1S/C13H15IN2O3/c1-19-8-7-16(6-2-5-15)13(18)10-3-4-11(14)12(17)9-10/h3-4,9,17H,2,6-8H2,1H3. The highest BCUT2D eigenvalue weighted by atomic mass is 127. The van der Waals surface area contributed by atoms with Gasteiger partial charge < -0.3 is 14.7 Å². The summed E-state index contributed by atoms with van der Waals surface area (Å²) in [4.78, 5) is 13.8. The SMILES string of the molecule is COCCN(CCC#N)C(=O)c1ccc(I)c(O)c1. The van der Waals surface area contributed by atoms with E-state index in [0.717, 1.165) is 0 Å². The molecule has 0 aromatic heterocycles. The Hall–Kier alpha value is -1.33. The highest BCUT2D eigenvalue weighted by Crippen LogP contribution is 2.21. The van der Waals surface area contributed by atoms with Crippen molar-refractivity contribution >= 4 is 28.5 Å². The summed E-state index contributed by atoms with van der Waals surface area (Å²) in [6.07, 6.45) is 0.270. The Bertz CT molecular complexity index is 485. The van der Waals surface area contributed by atoms with E-state index in [1.54, 1.807) is 24.1 Å².